The van der Waals surface area contributed by atoms with Crippen LogP contribution in [-0.2, 0) is 19.3 Å². The Labute approximate surface area is 261 Å². The molecule has 0 aliphatic heterocycles. The van der Waals surface area contributed by atoms with Gasteiger partial charge in [0.15, 0.2) is 5.78 Å². The number of hydrogen-bond donors (Lipinski definition) is 0. The topological polar surface area (TPSA) is 97.6 Å². The van der Waals surface area contributed by atoms with Crippen molar-refractivity contribution in [2.75, 3.05) is 4.90 Å². The van der Waals surface area contributed by atoms with Crippen molar-refractivity contribution in [3.63, 3.8) is 0 Å². The number of oxime groups is 2. The minimum Gasteiger partial charge on any atom is -0.318 e. The van der Waals surface area contributed by atoms with Gasteiger partial charge in [-0.3, -0.25) is 4.79 Å². The molecule has 8 heteroatoms. The van der Waals surface area contributed by atoms with E-state index >= 15 is 0 Å². The van der Waals surface area contributed by atoms with E-state index in [0.29, 0.717) is 22.6 Å². The molecule has 0 spiro atoms. The van der Waals surface area contributed by atoms with Gasteiger partial charge in [0.2, 0.25) is 0 Å². The average Bonchev–Trinajstić information content (AvgIpc) is 3.06. The molecule has 5 rings (SSSR count). The summed E-state index contributed by atoms with van der Waals surface area (Å²) in [6, 6.07) is 36.5. The van der Waals surface area contributed by atoms with Crippen LogP contribution >= 0.6 is 0 Å². The zero-order chi connectivity index (χ0) is 31.9. The molecule has 224 valence electrons. The van der Waals surface area contributed by atoms with Crippen LogP contribution in [0.15, 0.2) is 126 Å². The van der Waals surface area contributed by atoms with Crippen molar-refractivity contribution in [1.82, 2.24) is 0 Å². The molecule has 0 fully saturated rings. The van der Waals surface area contributed by atoms with Crippen LogP contribution in [-0.4, -0.2) is 29.1 Å². The minimum atomic E-state index is -0.490. The second-order valence-electron chi connectivity index (χ2n) is 10.4. The molecule has 5 aromatic carbocycles. The zero-order valence-electron chi connectivity index (χ0n) is 25.4. The Hall–Kier alpha value is -5.89. The van der Waals surface area contributed by atoms with Crippen molar-refractivity contribution < 1.29 is 24.1 Å². The van der Waals surface area contributed by atoms with Crippen LogP contribution in [0.25, 0.3) is 10.8 Å². The van der Waals surface area contributed by atoms with Gasteiger partial charge in [-0.1, -0.05) is 77.0 Å². The van der Waals surface area contributed by atoms with Gasteiger partial charge in [-0.25, -0.2) is 9.59 Å². The van der Waals surface area contributed by atoms with Gasteiger partial charge in [-0.2, -0.15) is 0 Å². The number of hydrogen-bond acceptors (Lipinski definition) is 8. The molecule has 0 saturated carbocycles. The van der Waals surface area contributed by atoms with Crippen LogP contribution in [0.4, 0.5) is 17.1 Å². The lowest BCUT2D eigenvalue weighted by molar-refractivity contribution is -0.141. The van der Waals surface area contributed by atoms with E-state index in [4.69, 9.17) is 9.68 Å². The predicted molar refractivity (Wildman–Crippen MR) is 176 cm³/mol. The van der Waals surface area contributed by atoms with Gasteiger partial charge in [0, 0.05) is 42.0 Å². The summed E-state index contributed by atoms with van der Waals surface area (Å²) in [6.45, 7) is 6.13. The van der Waals surface area contributed by atoms with E-state index in [0.717, 1.165) is 39.0 Å². The summed E-state index contributed by atoms with van der Waals surface area (Å²) in [5, 5.41) is 9.70. The van der Waals surface area contributed by atoms with Gasteiger partial charge in [0.1, 0.15) is 0 Å². The summed E-state index contributed by atoms with van der Waals surface area (Å²) in [4.78, 5) is 47.6. The first-order valence-corrected chi connectivity index (χ1v) is 14.3. The van der Waals surface area contributed by atoms with Crippen molar-refractivity contribution in [1.29, 1.82) is 0 Å². The molecule has 0 atom stereocenters. The fourth-order valence-electron chi connectivity index (χ4n) is 4.86. The minimum absolute atomic E-state index is 0.0521. The molecule has 0 saturated heterocycles. The van der Waals surface area contributed by atoms with Gasteiger partial charge < -0.3 is 14.6 Å². The molecule has 8 nitrogen and oxygen atoms in total. The molecule has 0 radical (unpaired) electrons. The maximum atomic E-state index is 13.6. The van der Waals surface area contributed by atoms with Crippen LogP contribution in [0.1, 0.15) is 54.7 Å². The van der Waals surface area contributed by atoms with E-state index in [2.05, 4.69) is 15.2 Å². The summed E-state index contributed by atoms with van der Waals surface area (Å²) in [5.74, 6) is -1.03. The van der Waals surface area contributed by atoms with Crippen molar-refractivity contribution >= 4 is 57.0 Å². The largest absolute Gasteiger partial charge is 0.331 e. The molecular formula is C37H31N3O5. The van der Waals surface area contributed by atoms with E-state index in [-0.39, 0.29) is 5.78 Å². The number of ketones is 1. The van der Waals surface area contributed by atoms with E-state index < -0.39 is 11.9 Å². The normalized spacial score (nSPS) is 11.6. The molecule has 45 heavy (non-hydrogen) atoms. The number of rotatable bonds is 9. The highest BCUT2D eigenvalue weighted by Crippen LogP contribution is 2.35. The molecule has 0 aliphatic rings. The molecule has 0 aromatic heterocycles. The van der Waals surface area contributed by atoms with Crippen molar-refractivity contribution in [2.45, 2.75) is 27.7 Å². The first-order chi connectivity index (χ1) is 21.7. The summed E-state index contributed by atoms with van der Waals surface area (Å²) in [7, 11) is 0. The Morgan fingerprint density at radius 3 is 1.40 bits per heavy atom. The van der Waals surface area contributed by atoms with Crippen LogP contribution in [0.3, 0.4) is 0 Å². The van der Waals surface area contributed by atoms with Gasteiger partial charge in [-0.05, 0) is 84.3 Å². The fraction of sp³-hybridized carbons (Fsp3) is 0.108. The summed E-state index contributed by atoms with van der Waals surface area (Å²) < 4.78 is 0. The smallest absolute Gasteiger partial charge is 0.318 e. The van der Waals surface area contributed by atoms with Gasteiger partial charge >= 0.3 is 11.9 Å². The zero-order valence-corrected chi connectivity index (χ0v) is 25.4. The van der Waals surface area contributed by atoms with Gasteiger partial charge in [-0.15, -0.1) is 0 Å². The Morgan fingerprint density at radius 1 is 0.511 bits per heavy atom. The molecule has 0 N–H and O–H groups in total. The standard InChI is InChI=1S/C37H31N3O5/c1-24(38-44-26(3)41)28-12-18-32(19-13-28)40(33-20-14-29(15-21-33)25(2)39-45-27(4)42)34-22-16-31(17-23-34)37(43)36-11-7-9-30-8-5-6-10-35(30)36/h5-23H,1-4H3/b38-24+,39-25?. The van der Waals surface area contributed by atoms with Crippen molar-refractivity contribution in [3.8, 4) is 0 Å². The van der Waals surface area contributed by atoms with Crippen molar-refractivity contribution in [3.05, 3.63) is 138 Å². The number of carbonyl (C=O) groups is 3. The molecule has 5 aromatic rings. The van der Waals surface area contributed by atoms with Crippen LogP contribution in [0.2, 0.25) is 0 Å². The molecular weight excluding hydrogens is 566 g/mol. The lowest BCUT2D eigenvalue weighted by Gasteiger charge is -2.26. The highest BCUT2D eigenvalue weighted by Gasteiger charge is 2.17. The van der Waals surface area contributed by atoms with Crippen molar-refractivity contribution in [2.24, 2.45) is 10.3 Å². The number of anilines is 3. The van der Waals surface area contributed by atoms with Crippen LogP contribution < -0.4 is 4.90 Å². The number of carbonyl (C=O) groups excluding carboxylic acids is 3. The molecule has 0 aliphatic carbocycles. The summed E-state index contributed by atoms with van der Waals surface area (Å²) in [5.41, 5.74) is 6.48. The third kappa shape index (κ3) is 7.19. The highest BCUT2D eigenvalue weighted by atomic mass is 16.7. The lowest BCUT2D eigenvalue weighted by Crippen LogP contribution is -2.11. The SMILES string of the molecule is CC(=O)ON=C(C)c1ccc(N(c2ccc(C(=O)c3cccc4ccccc34)cc2)c2ccc(/C(C)=N/OC(C)=O)cc2)cc1. The van der Waals surface area contributed by atoms with Crippen LogP contribution in [0.5, 0.6) is 0 Å². The van der Waals surface area contributed by atoms with Crippen LogP contribution in [0, 0.1) is 0 Å². The fourth-order valence-corrected chi connectivity index (χ4v) is 4.86. The predicted octanol–water partition coefficient (Wildman–Crippen LogP) is 8.11. The van der Waals surface area contributed by atoms with E-state index in [9.17, 15) is 14.4 Å². The highest BCUT2D eigenvalue weighted by molar-refractivity contribution is 6.16. The van der Waals surface area contributed by atoms with Gasteiger partial charge in [0.05, 0.1) is 11.4 Å². The first kappa shape index (κ1) is 30.6. The molecule has 0 heterocycles. The monoisotopic (exact) mass is 597 g/mol. The number of nitrogens with zero attached hydrogens (tertiary/aromatic N) is 3. The Kier molecular flexibility index (Phi) is 9.24. The molecule has 0 amide bonds. The Morgan fingerprint density at radius 2 is 0.933 bits per heavy atom. The van der Waals surface area contributed by atoms with E-state index in [1.807, 2.05) is 115 Å². The van der Waals surface area contributed by atoms with E-state index in [1.54, 1.807) is 13.8 Å². The summed E-state index contributed by atoms with van der Waals surface area (Å²) >= 11 is 0. The second kappa shape index (κ2) is 13.6. The molecule has 0 unspecified atom stereocenters. The number of fused-ring (bicyclic) bond motifs is 1. The number of benzene rings is 5. The Balaban J connectivity index is 1.50. The maximum absolute atomic E-state index is 13.6. The average molecular weight is 598 g/mol. The quantitative estimate of drug-likeness (QED) is 0.0737. The first-order valence-electron chi connectivity index (χ1n) is 14.3. The van der Waals surface area contributed by atoms with E-state index in [1.165, 1.54) is 13.8 Å². The molecule has 0 bridgehead atoms. The summed E-state index contributed by atoms with van der Waals surface area (Å²) in [6.07, 6.45) is 0. The maximum Gasteiger partial charge on any atom is 0.331 e. The lowest BCUT2D eigenvalue weighted by atomic mass is 9.97. The Bertz CT molecular complexity index is 1850. The third-order valence-corrected chi connectivity index (χ3v) is 7.13. The van der Waals surface area contributed by atoms with Gasteiger partial charge in [0.25, 0.3) is 0 Å². The third-order valence-electron chi connectivity index (χ3n) is 7.13. The second-order valence-corrected chi connectivity index (χ2v) is 10.4.